The summed E-state index contributed by atoms with van der Waals surface area (Å²) in [5, 5.41) is 9.01. The standard InChI is InChI=1S/C30H29F2N5O4/c1-20(38)33-18-26-19-37(30(40)41-26)25-10-11-27(28(32)16-25)22-4-2-21(3-5-22)17-34-36-14-12-35(13-15-36)29(39)23-6-8-24(31)9-7-23/h2-11,16-17,26H,12-15,18-19H2,1H3,(H,33,38)/b34-17+/t26-/m0/s1. The molecule has 0 radical (unpaired) electrons. The second-order valence-electron chi connectivity index (χ2n) is 9.84. The van der Waals surface area contributed by atoms with Crippen molar-refractivity contribution in [3.8, 4) is 11.1 Å². The Labute approximate surface area is 236 Å². The summed E-state index contributed by atoms with van der Waals surface area (Å²) in [5.41, 5.74) is 2.74. The third-order valence-electron chi connectivity index (χ3n) is 6.94. The van der Waals surface area contributed by atoms with E-state index in [9.17, 15) is 18.8 Å². The van der Waals surface area contributed by atoms with E-state index in [1.54, 1.807) is 35.4 Å². The molecule has 2 fully saturated rings. The summed E-state index contributed by atoms with van der Waals surface area (Å²) in [4.78, 5) is 39.0. The summed E-state index contributed by atoms with van der Waals surface area (Å²) in [6.45, 7) is 3.94. The average molecular weight is 562 g/mol. The second kappa shape index (κ2) is 12.2. The third-order valence-corrected chi connectivity index (χ3v) is 6.94. The number of hydrazone groups is 1. The molecule has 1 atom stereocenters. The van der Waals surface area contributed by atoms with Crippen LogP contribution in [0.1, 0.15) is 22.8 Å². The summed E-state index contributed by atoms with van der Waals surface area (Å²) in [7, 11) is 0. The normalized spacial score (nSPS) is 17.2. The van der Waals surface area contributed by atoms with Crippen LogP contribution in [0.15, 0.2) is 71.8 Å². The fraction of sp³-hybridized carbons (Fsp3) is 0.267. The predicted octanol–water partition coefficient (Wildman–Crippen LogP) is 3.89. The molecule has 212 valence electrons. The number of carbonyl (C=O) groups excluding carboxylic acids is 3. The Hall–Kier alpha value is -4.80. The van der Waals surface area contributed by atoms with Gasteiger partial charge in [-0.2, -0.15) is 5.10 Å². The maximum atomic E-state index is 15.1. The van der Waals surface area contributed by atoms with Crippen LogP contribution >= 0.6 is 0 Å². The fourth-order valence-electron chi connectivity index (χ4n) is 4.69. The number of ether oxygens (including phenoxy) is 1. The quantitative estimate of drug-likeness (QED) is 0.442. The number of anilines is 1. The molecule has 9 nitrogen and oxygen atoms in total. The highest BCUT2D eigenvalue weighted by atomic mass is 19.1. The van der Waals surface area contributed by atoms with Crippen molar-refractivity contribution in [2.75, 3.05) is 44.2 Å². The molecular weight excluding hydrogens is 532 g/mol. The Bertz CT molecular complexity index is 1450. The van der Waals surface area contributed by atoms with Crippen molar-refractivity contribution in [3.05, 3.63) is 89.5 Å². The summed E-state index contributed by atoms with van der Waals surface area (Å²) in [5.74, 6) is -1.20. The molecule has 1 N–H and O–H groups in total. The minimum atomic E-state index is -0.586. The first-order chi connectivity index (χ1) is 19.8. The number of piperazine rings is 1. The van der Waals surface area contributed by atoms with Gasteiger partial charge < -0.3 is 15.0 Å². The Morgan fingerprint density at radius 2 is 1.71 bits per heavy atom. The zero-order valence-corrected chi connectivity index (χ0v) is 22.4. The molecule has 3 aromatic rings. The van der Waals surface area contributed by atoms with E-state index >= 15 is 4.39 Å². The molecule has 2 aliphatic rings. The van der Waals surface area contributed by atoms with E-state index in [0.717, 1.165) is 5.56 Å². The lowest BCUT2D eigenvalue weighted by atomic mass is 10.0. The van der Waals surface area contributed by atoms with E-state index < -0.39 is 18.0 Å². The van der Waals surface area contributed by atoms with Crippen LogP contribution in [0.4, 0.5) is 19.3 Å². The smallest absolute Gasteiger partial charge is 0.414 e. The third kappa shape index (κ3) is 6.68. The van der Waals surface area contributed by atoms with E-state index in [4.69, 9.17) is 4.74 Å². The molecule has 11 heteroatoms. The maximum absolute atomic E-state index is 15.1. The van der Waals surface area contributed by atoms with Gasteiger partial charge in [0, 0.05) is 31.1 Å². The molecule has 5 rings (SSSR count). The number of hydrogen-bond acceptors (Lipinski definition) is 6. The molecule has 3 aromatic carbocycles. The van der Waals surface area contributed by atoms with Crippen molar-refractivity contribution < 1.29 is 27.9 Å². The number of rotatable bonds is 7. The molecule has 2 aliphatic heterocycles. The van der Waals surface area contributed by atoms with Gasteiger partial charge in [0.1, 0.15) is 17.7 Å². The Morgan fingerprint density at radius 3 is 2.37 bits per heavy atom. The van der Waals surface area contributed by atoms with E-state index in [1.807, 2.05) is 17.1 Å². The number of halogens is 2. The van der Waals surface area contributed by atoms with E-state index in [-0.39, 0.29) is 30.7 Å². The largest absolute Gasteiger partial charge is 0.442 e. The maximum Gasteiger partial charge on any atom is 0.414 e. The van der Waals surface area contributed by atoms with Gasteiger partial charge in [0.25, 0.3) is 5.91 Å². The molecule has 2 heterocycles. The van der Waals surface area contributed by atoms with Gasteiger partial charge in [0.2, 0.25) is 5.91 Å². The minimum Gasteiger partial charge on any atom is -0.442 e. The first-order valence-electron chi connectivity index (χ1n) is 13.2. The molecular formula is C30H29F2N5O4. The zero-order valence-electron chi connectivity index (χ0n) is 22.4. The van der Waals surface area contributed by atoms with Crippen molar-refractivity contribution in [1.29, 1.82) is 0 Å². The number of nitrogens with zero attached hydrogens (tertiary/aromatic N) is 4. The van der Waals surface area contributed by atoms with Gasteiger partial charge in [-0.05, 0) is 53.6 Å². The fourth-order valence-corrected chi connectivity index (χ4v) is 4.69. The average Bonchev–Trinajstić information content (AvgIpc) is 3.36. The highest BCUT2D eigenvalue weighted by Gasteiger charge is 2.32. The summed E-state index contributed by atoms with van der Waals surface area (Å²) in [6, 6.07) is 17.4. The van der Waals surface area contributed by atoms with E-state index in [0.29, 0.717) is 48.6 Å². The second-order valence-corrected chi connectivity index (χ2v) is 9.84. The molecule has 41 heavy (non-hydrogen) atoms. The van der Waals surface area contributed by atoms with E-state index in [2.05, 4.69) is 10.4 Å². The van der Waals surface area contributed by atoms with Gasteiger partial charge in [-0.25, -0.2) is 13.6 Å². The SMILES string of the molecule is CC(=O)NC[C@H]1CN(c2ccc(-c3ccc(/C=N/N4CCN(C(=O)c5ccc(F)cc5)CC4)cc3)c(F)c2)C(=O)O1. The topological polar surface area (TPSA) is 94.5 Å². The number of nitrogens with one attached hydrogen (secondary N) is 1. The van der Waals surface area contributed by atoms with Crippen LogP contribution in [0.5, 0.6) is 0 Å². The molecule has 0 saturated carbocycles. The van der Waals surface area contributed by atoms with Crippen LogP contribution in [-0.4, -0.2) is 79.4 Å². The van der Waals surface area contributed by atoms with Gasteiger partial charge in [0.15, 0.2) is 0 Å². The van der Waals surface area contributed by atoms with Crippen LogP contribution in [0.25, 0.3) is 11.1 Å². The Balaban J connectivity index is 1.15. The highest BCUT2D eigenvalue weighted by Crippen LogP contribution is 2.29. The van der Waals surface area contributed by atoms with Crippen LogP contribution in [0.2, 0.25) is 0 Å². The van der Waals surface area contributed by atoms with Crippen molar-refractivity contribution in [3.63, 3.8) is 0 Å². The van der Waals surface area contributed by atoms with Crippen molar-refractivity contribution in [2.45, 2.75) is 13.0 Å². The van der Waals surface area contributed by atoms with Crippen molar-refractivity contribution in [2.24, 2.45) is 5.10 Å². The Morgan fingerprint density at radius 1 is 1.00 bits per heavy atom. The lowest BCUT2D eigenvalue weighted by Crippen LogP contribution is -2.46. The lowest BCUT2D eigenvalue weighted by molar-refractivity contribution is -0.119. The van der Waals surface area contributed by atoms with E-state index in [1.165, 1.54) is 42.2 Å². The van der Waals surface area contributed by atoms with Gasteiger partial charge in [0.05, 0.1) is 38.1 Å². The zero-order chi connectivity index (χ0) is 28.9. The highest BCUT2D eigenvalue weighted by molar-refractivity contribution is 5.94. The number of hydrogen-bond donors (Lipinski definition) is 1. The summed E-state index contributed by atoms with van der Waals surface area (Å²) >= 11 is 0. The molecule has 2 saturated heterocycles. The minimum absolute atomic E-state index is 0.129. The molecule has 0 aromatic heterocycles. The summed E-state index contributed by atoms with van der Waals surface area (Å²) < 4.78 is 33.4. The van der Waals surface area contributed by atoms with Gasteiger partial charge >= 0.3 is 6.09 Å². The molecule has 0 aliphatic carbocycles. The first-order valence-corrected chi connectivity index (χ1v) is 13.2. The number of carbonyl (C=O) groups is 3. The van der Waals surface area contributed by atoms with Gasteiger partial charge in [-0.1, -0.05) is 24.3 Å². The van der Waals surface area contributed by atoms with Crippen LogP contribution < -0.4 is 10.2 Å². The number of benzene rings is 3. The monoisotopic (exact) mass is 561 g/mol. The van der Waals surface area contributed by atoms with Gasteiger partial charge in [-0.15, -0.1) is 0 Å². The Kier molecular flexibility index (Phi) is 8.23. The van der Waals surface area contributed by atoms with Crippen molar-refractivity contribution >= 4 is 29.8 Å². The number of cyclic esters (lactones) is 1. The van der Waals surface area contributed by atoms with Crippen molar-refractivity contribution in [1.82, 2.24) is 15.2 Å². The molecule has 0 unspecified atom stereocenters. The van der Waals surface area contributed by atoms with Gasteiger partial charge in [-0.3, -0.25) is 19.5 Å². The first kappa shape index (κ1) is 27.8. The predicted molar refractivity (Wildman–Crippen MR) is 150 cm³/mol. The van der Waals surface area contributed by atoms with Crippen LogP contribution in [0.3, 0.4) is 0 Å². The number of amides is 3. The van der Waals surface area contributed by atoms with Crippen LogP contribution in [0, 0.1) is 11.6 Å². The van der Waals surface area contributed by atoms with Crippen LogP contribution in [-0.2, 0) is 9.53 Å². The molecule has 0 spiro atoms. The molecule has 0 bridgehead atoms. The molecule has 3 amide bonds. The lowest BCUT2D eigenvalue weighted by Gasteiger charge is -2.33. The summed E-state index contributed by atoms with van der Waals surface area (Å²) in [6.07, 6.45) is 0.630.